The Morgan fingerprint density at radius 2 is 2.12 bits per heavy atom. The normalized spacial score (nSPS) is 13.1. The monoisotopic (exact) mass is 255 g/mol. The van der Waals surface area contributed by atoms with E-state index in [2.05, 4.69) is 55.7 Å². The molecule has 98 valence electrons. The van der Waals surface area contributed by atoms with E-state index in [4.69, 9.17) is 0 Å². The van der Waals surface area contributed by atoms with Crippen LogP contribution in [-0.4, -0.2) is 27.1 Å². The van der Waals surface area contributed by atoms with E-state index in [-0.39, 0.29) is 0 Å². The van der Waals surface area contributed by atoms with Crippen molar-refractivity contribution in [1.29, 1.82) is 0 Å². The topological polar surface area (TPSA) is 29.9 Å². The lowest BCUT2D eigenvalue weighted by Crippen LogP contribution is -2.16. The molecule has 0 radical (unpaired) electrons. The second kappa shape index (κ2) is 6.94. The largest absolute Gasteiger partial charge is 0.353 e. The van der Waals surface area contributed by atoms with Crippen LogP contribution in [0.15, 0.2) is 6.20 Å². The van der Waals surface area contributed by atoms with Crippen LogP contribution in [0.1, 0.15) is 45.9 Å². The minimum Gasteiger partial charge on any atom is -0.353 e. The summed E-state index contributed by atoms with van der Waals surface area (Å²) >= 11 is 2.00. The third kappa shape index (κ3) is 4.62. The summed E-state index contributed by atoms with van der Waals surface area (Å²) in [6.45, 7) is 10.8. The van der Waals surface area contributed by atoms with Gasteiger partial charge in [0.2, 0.25) is 5.95 Å². The highest BCUT2D eigenvalue weighted by atomic mass is 32.2. The summed E-state index contributed by atoms with van der Waals surface area (Å²) in [4.78, 5) is 4.55. The van der Waals surface area contributed by atoms with Gasteiger partial charge in [0.25, 0.3) is 0 Å². The van der Waals surface area contributed by atoms with Gasteiger partial charge in [-0.05, 0) is 45.6 Å². The van der Waals surface area contributed by atoms with Crippen molar-refractivity contribution in [3.05, 3.63) is 11.9 Å². The highest BCUT2D eigenvalue weighted by Crippen LogP contribution is 2.21. The zero-order valence-corrected chi connectivity index (χ0v) is 12.5. The predicted octanol–water partition coefficient (Wildman–Crippen LogP) is 3.72. The van der Waals surface area contributed by atoms with Crippen molar-refractivity contribution in [2.75, 3.05) is 16.8 Å². The molecule has 17 heavy (non-hydrogen) atoms. The van der Waals surface area contributed by atoms with Crippen molar-refractivity contribution >= 4 is 17.7 Å². The first-order valence-corrected chi connectivity index (χ1v) is 7.59. The molecule has 0 fully saturated rings. The number of nitrogens with zero attached hydrogens (tertiary/aromatic N) is 2. The molecule has 1 N–H and O–H groups in total. The van der Waals surface area contributed by atoms with Crippen molar-refractivity contribution in [2.24, 2.45) is 0 Å². The van der Waals surface area contributed by atoms with Gasteiger partial charge in [-0.25, -0.2) is 4.98 Å². The molecule has 3 nitrogen and oxygen atoms in total. The Bertz CT molecular complexity index is 333. The van der Waals surface area contributed by atoms with Gasteiger partial charge in [-0.1, -0.05) is 6.92 Å². The molecule has 0 aliphatic rings. The van der Waals surface area contributed by atoms with Crippen molar-refractivity contribution in [1.82, 2.24) is 9.55 Å². The van der Waals surface area contributed by atoms with Crippen LogP contribution in [0.5, 0.6) is 0 Å². The second-order valence-corrected chi connectivity index (χ2v) is 6.14. The van der Waals surface area contributed by atoms with E-state index >= 15 is 0 Å². The molecule has 1 aromatic heterocycles. The van der Waals surface area contributed by atoms with Crippen LogP contribution in [0.25, 0.3) is 0 Å². The maximum absolute atomic E-state index is 4.55. The van der Waals surface area contributed by atoms with Gasteiger partial charge < -0.3 is 9.88 Å². The Hall–Kier alpha value is -0.640. The van der Waals surface area contributed by atoms with E-state index in [1.165, 1.54) is 17.9 Å². The highest BCUT2D eigenvalue weighted by Gasteiger charge is 2.12. The number of aryl methyl sites for hydroxylation is 1. The lowest BCUT2D eigenvalue weighted by atomic mass is 10.2. The number of anilines is 1. The summed E-state index contributed by atoms with van der Waals surface area (Å²) in [7, 11) is 0. The molecule has 0 bridgehead atoms. The molecule has 1 atom stereocenters. The van der Waals surface area contributed by atoms with Gasteiger partial charge in [-0.3, -0.25) is 0 Å². The Kier molecular flexibility index (Phi) is 5.89. The summed E-state index contributed by atoms with van der Waals surface area (Å²) in [6.07, 6.45) is 3.34. The number of hydrogen-bond acceptors (Lipinski definition) is 3. The average Bonchev–Trinajstić information content (AvgIpc) is 2.58. The Balaban J connectivity index is 2.67. The first-order valence-electron chi connectivity index (χ1n) is 6.44. The Morgan fingerprint density at radius 3 is 2.71 bits per heavy atom. The summed E-state index contributed by atoms with van der Waals surface area (Å²) in [5, 5.41) is 3.41. The van der Waals surface area contributed by atoms with Crippen LogP contribution in [0.4, 0.5) is 5.95 Å². The molecule has 0 amide bonds. The number of nitrogens with one attached hydrogen (secondary N) is 1. The highest BCUT2D eigenvalue weighted by molar-refractivity contribution is 7.99. The van der Waals surface area contributed by atoms with E-state index in [1.54, 1.807) is 0 Å². The van der Waals surface area contributed by atoms with Crippen LogP contribution >= 0.6 is 11.8 Å². The average molecular weight is 255 g/mol. The molecule has 4 heteroatoms. The smallest absolute Gasteiger partial charge is 0.203 e. The van der Waals surface area contributed by atoms with E-state index in [9.17, 15) is 0 Å². The first-order chi connectivity index (χ1) is 8.04. The van der Waals surface area contributed by atoms with Gasteiger partial charge >= 0.3 is 0 Å². The molecular weight excluding hydrogens is 230 g/mol. The number of hydrogen-bond donors (Lipinski definition) is 1. The Morgan fingerprint density at radius 1 is 1.41 bits per heavy atom. The minimum absolute atomic E-state index is 0.424. The van der Waals surface area contributed by atoms with Gasteiger partial charge in [0, 0.05) is 18.3 Å². The lowest BCUT2D eigenvalue weighted by molar-refractivity contribution is 0.537. The van der Waals surface area contributed by atoms with Gasteiger partial charge in [-0.2, -0.15) is 11.8 Å². The second-order valence-electron chi connectivity index (χ2n) is 4.75. The van der Waals surface area contributed by atoms with Crippen LogP contribution in [0.2, 0.25) is 0 Å². The maximum Gasteiger partial charge on any atom is 0.203 e. The summed E-state index contributed by atoms with van der Waals surface area (Å²) in [5.74, 6) is 3.43. The predicted molar refractivity (Wildman–Crippen MR) is 78.0 cm³/mol. The molecule has 1 unspecified atom stereocenters. The SMILES string of the molecule is CCSCCC(C)n1cc(C)nc1NC(C)C. The van der Waals surface area contributed by atoms with E-state index in [0.717, 1.165) is 11.6 Å². The maximum atomic E-state index is 4.55. The lowest BCUT2D eigenvalue weighted by Gasteiger charge is -2.18. The molecule has 1 aromatic rings. The summed E-state index contributed by atoms with van der Waals surface area (Å²) < 4.78 is 2.27. The number of imidazole rings is 1. The van der Waals surface area contributed by atoms with E-state index in [0.29, 0.717) is 12.1 Å². The fourth-order valence-corrected chi connectivity index (χ4v) is 2.55. The molecule has 1 rings (SSSR count). The standard InChI is InChI=1S/C13H25N3S/c1-6-17-8-7-12(5)16-9-11(4)15-13(16)14-10(2)3/h9-10,12H,6-8H2,1-5H3,(H,14,15). The zero-order chi connectivity index (χ0) is 12.8. The molecule has 0 saturated carbocycles. The molecule has 0 saturated heterocycles. The fraction of sp³-hybridized carbons (Fsp3) is 0.769. The summed E-state index contributed by atoms with van der Waals surface area (Å²) in [5.41, 5.74) is 1.09. The van der Waals surface area contributed by atoms with Crippen molar-refractivity contribution in [2.45, 2.75) is 53.1 Å². The molecule has 0 aliphatic heterocycles. The van der Waals surface area contributed by atoms with Crippen LogP contribution in [-0.2, 0) is 0 Å². The molecule has 0 spiro atoms. The number of rotatable bonds is 7. The van der Waals surface area contributed by atoms with Crippen LogP contribution in [0.3, 0.4) is 0 Å². The molecule has 0 aromatic carbocycles. The van der Waals surface area contributed by atoms with Crippen molar-refractivity contribution < 1.29 is 0 Å². The number of thioether (sulfide) groups is 1. The van der Waals surface area contributed by atoms with Gasteiger partial charge in [0.1, 0.15) is 0 Å². The minimum atomic E-state index is 0.424. The van der Waals surface area contributed by atoms with E-state index in [1.807, 2.05) is 11.8 Å². The molecular formula is C13H25N3S. The summed E-state index contributed by atoms with van der Waals surface area (Å²) in [6, 6.07) is 0.935. The van der Waals surface area contributed by atoms with Crippen LogP contribution < -0.4 is 5.32 Å². The van der Waals surface area contributed by atoms with Crippen LogP contribution in [0, 0.1) is 6.92 Å². The third-order valence-corrected chi connectivity index (χ3v) is 3.56. The zero-order valence-electron chi connectivity index (χ0n) is 11.7. The Labute approximate surface area is 109 Å². The fourth-order valence-electron chi connectivity index (χ4n) is 1.75. The van der Waals surface area contributed by atoms with Gasteiger partial charge in [0.05, 0.1) is 5.69 Å². The quantitative estimate of drug-likeness (QED) is 0.753. The first kappa shape index (κ1) is 14.4. The van der Waals surface area contributed by atoms with Gasteiger partial charge in [-0.15, -0.1) is 0 Å². The van der Waals surface area contributed by atoms with E-state index < -0.39 is 0 Å². The van der Waals surface area contributed by atoms with Crippen molar-refractivity contribution in [3.63, 3.8) is 0 Å². The van der Waals surface area contributed by atoms with Crippen molar-refractivity contribution in [3.8, 4) is 0 Å². The van der Waals surface area contributed by atoms with Gasteiger partial charge in [0.15, 0.2) is 0 Å². The number of aromatic nitrogens is 2. The molecule has 0 aliphatic carbocycles. The molecule has 1 heterocycles. The third-order valence-electron chi connectivity index (χ3n) is 2.63.